The number of hydrogen-bond donors (Lipinski definition) is 1. The third-order valence-electron chi connectivity index (χ3n) is 5.38. The van der Waals surface area contributed by atoms with Crippen LogP contribution in [0.25, 0.3) is 0 Å². The van der Waals surface area contributed by atoms with Gasteiger partial charge >= 0.3 is 5.69 Å². The van der Waals surface area contributed by atoms with Crippen LogP contribution in [-0.4, -0.2) is 57.3 Å². The van der Waals surface area contributed by atoms with E-state index < -0.39 is 23.0 Å². The number of H-pyrrole nitrogens is 1. The Kier molecular flexibility index (Phi) is 5.04. The second-order valence-electron chi connectivity index (χ2n) is 7.38. The lowest BCUT2D eigenvalue weighted by Crippen LogP contribution is -2.52. The molecule has 0 atom stereocenters. The first kappa shape index (κ1) is 19.1. The van der Waals surface area contributed by atoms with E-state index in [1.807, 2.05) is 0 Å². The third-order valence-corrected chi connectivity index (χ3v) is 5.38. The van der Waals surface area contributed by atoms with Crippen LogP contribution in [0.15, 0.2) is 40.1 Å². The molecule has 1 saturated heterocycles. The number of hydrogen-bond acceptors (Lipinski definition) is 4. The molecule has 1 N–H and O–H groups in total. The van der Waals surface area contributed by atoms with Crippen molar-refractivity contribution in [2.75, 3.05) is 26.2 Å². The smallest absolute Gasteiger partial charge is 0.328 e. The Morgan fingerprint density at radius 3 is 2.34 bits per heavy atom. The number of aromatic nitrogens is 2. The second kappa shape index (κ2) is 7.65. The van der Waals surface area contributed by atoms with Gasteiger partial charge in [-0.2, -0.15) is 0 Å². The molecular formula is C20H21FN4O4. The summed E-state index contributed by atoms with van der Waals surface area (Å²) >= 11 is 0. The monoisotopic (exact) mass is 400 g/mol. The molecule has 1 aliphatic heterocycles. The number of nitrogens with one attached hydrogen (secondary N) is 1. The molecule has 1 aromatic heterocycles. The highest BCUT2D eigenvalue weighted by Crippen LogP contribution is 2.31. The van der Waals surface area contributed by atoms with Crippen molar-refractivity contribution in [2.24, 2.45) is 5.92 Å². The van der Waals surface area contributed by atoms with E-state index >= 15 is 0 Å². The van der Waals surface area contributed by atoms with Gasteiger partial charge in [-0.15, -0.1) is 0 Å². The maximum Gasteiger partial charge on any atom is 0.328 e. The van der Waals surface area contributed by atoms with Gasteiger partial charge in [-0.05, 0) is 18.9 Å². The number of aromatic amines is 1. The minimum atomic E-state index is -0.765. The van der Waals surface area contributed by atoms with Crippen molar-refractivity contribution in [1.29, 1.82) is 0 Å². The summed E-state index contributed by atoms with van der Waals surface area (Å²) in [5, 5.41) is 0. The summed E-state index contributed by atoms with van der Waals surface area (Å²) < 4.78 is 14.7. The van der Waals surface area contributed by atoms with E-state index in [0.29, 0.717) is 26.2 Å². The average molecular weight is 400 g/mol. The van der Waals surface area contributed by atoms with Crippen molar-refractivity contribution < 1.29 is 14.0 Å². The van der Waals surface area contributed by atoms with Gasteiger partial charge in [0.2, 0.25) is 5.91 Å². The fourth-order valence-electron chi connectivity index (χ4n) is 3.49. The van der Waals surface area contributed by atoms with E-state index in [1.54, 1.807) is 11.0 Å². The van der Waals surface area contributed by atoms with Gasteiger partial charge in [0.05, 0.1) is 6.54 Å². The van der Waals surface area contributed by atoms with Crippen LogP contribution in [0, 0.1) is 11.7 Å². The number of carbonyl (C=O) groups is 2. The Morgan fingerprint density at radius 2 is 1.69 bits per heavy atom. The number of nitrogens with zero attached hydrogens (tertiary/aromatic N) is 3. The predicted octanol–water partition coefficient (Wildman–Crippen LogP) is 0.418. The van der Waals surface area contributed by atoms with Crippen LogP contribution < -0.4 is 11.2 Å². The molecule has 1 saturated carbocycles. The van der Waals surface area contributed by atoms with E-state index in [0.717, 1.165) is 23.6 Å². The van der Waals surface area contributed by atoms with E-state index in [-0.39, 0.29) is 29.5 Å². The molecule has 1 aliphatic carbocycles. The Bertz CT molecular complexity index is 1060. The van der Waals surface area contributed by atoms with Gasteiger partial charge in [-0.1, -0.05) is 18.2 Å². The lowest BCUT2D eigenvalue weighted by Gasteiger charge is -2.34. The van der Waals surface area contributed by atoms with Crippen LogP contribution in [0.1, 0.15) is 28.8 Å². The Balaban J connectivity index is 1.52. The SMILES string of the molecule is O=C(c1c[nH]c(=O)n(Cc2ccccc2F)c1=O)N1CCN(C(=O)C2CC2)CC1. The molecular weight excluding hydrogens is 379 g/mol. The summed E-state index contributed by atoms with van der Waals surface area (Å²) in [7, 11) is 0. The molecule has 2 aromatic rings. The molecule has 2 fully saturated rings. The number of halogens is 1. The van der Waals surface area contributed by atoms with Gasteiger partial charge in [0.15, 0.2) is 0 Å². The first-order chi connectivity index (χ1) is 14.0. The number of benzene rings is 1. The van der Waals surface area contributed by atoms with E-state index in [4.69, 9.17) is 0 Å². The average Bonchev–Trinajstić information content (AvgIpc) is 3.57. The zero-order valence-corrected chi connectivity index (χ0v) is 15.8. The molecule has 0 spiro atoms. The van der Waals surface area contributed by atoms with Crippen LogP contribution in [0.2, 0.25) is 0 Å². The summed E-state index contributed by atoms with van der Waals surface area (Å²) in [4.78, 5) is 55.5. The maximum atomic E-state index is 13.9. The van der Waals surface area contributed by atoms with Gasteiger partial charge in [0.1, 0.15) is 11.4 Å². The quantitative estimate of drug-likeness (QED) is 0.805. The Morgan fingerprint density at radius 1 is 1.03 bits per heavy atom. The molecule has 8 nitrogen and oxygen atoms in total. The van der Waals surface area contributed by atoms with Crippen molar-refractivity contribution >= 4 is 11.8 Å². The Labute approximate surface area is 165 Å². The summed E-state index contributed by atoms with van der Waals surface area (Å²) in [5.74, 6) is -0.783. The molecule has 4 rings (SSSR count). The highest BCUT2D eigenvalue weighted by Gasteiger charge is 2.35. The van der Waals surface area contributed by atoms with Crippen LogP contribution in [0.5, 0.6) is 0 Å². The standard InChI is InChI=1S/C20H21FN4O4/c21-16-4-2-1-3-14(16)12-25-19(28)15(11-22-20(25)29)18(27)24-9-7-23(8-10-24)17(26)13-5-6-13/h1-4,11,13H,5-10,12H2,(H,22,29). The van der Waals surface area contributed by atoms with E-state index in [9.17, 15) is 23.6 Å². The molecule has 0 bridgehead atoms. The molecule has 152 valence electrons. The lowest BCUT2D eigenvalue weighted by atomic mass is 10.2. The second-order valence-corrected chi connectivity index (χ2v) is 7.38. The lowest BCUT2D eigenvalue weighted by molar-refractivity contribution is -0.134. The van der Waals surface area contributed by atoms with Gasteiger partial charge in [-0.3, -0.25) is 19.0 Å². The molecule has 29 heavy (non-hydrogen) atoms. The summed E-state index contributed by atoms with van der Waals surface area (Å²) in [6.07, 6.45) is 2.96. The van der Waals surface area contributed by atoms with Crippen LogP contribution in [0.3, 0.4) is 0 Å². The van der Waals surface area contributed by atoms with Gasteiger partial charge < -0.3 is 14.8 Å². The maximum absolute atomic E-state index is 13.9. The molecule has 0 radical (unpaired) electrons. The van der Waals surface area contributed by atoms with Crippen LogP contribution >= 0.6 is 0 Å². The van der Waals surface area contributed by atoms with Crippen molar-refractivity contribution in [3.8, 4) is 0 Å². The number of carbonyl (C=O) groups excluding carboxylic acids is 2. The summed E-state index contributed by atoms with van der Waals surface area (Å²) in [5.41, 5.74) is -1.48. The highest BCUT2D eigenvalue weighted by atomic mass is 19.1. The van der Waals surface area contributed by atoms with Crippen molar-refractivity contribution in [3.05, 3.63) is 68.2 Å². The van der Waals surface area contributed by atoms with Crippen LogP contribution in [-0.2, 0) is 11.3 Å². The summed E-state index contributed by atoms with van der Waals surface area (Å²) in [6.45, 7) is 1.22. The molecule has 2 aliphatic rings. The predicted molar refractivity (Wildman–Crippen MR) is 102 cm³/mol. The molecule has 1 aromatic carbocycles. The third kappa shape index (κ3) is 3.85. The van der Waals surface area contributed by atoms with E-state index in [2.05, 4.69) is 4.98 Å². The zero-order chi connectivity index (χ0) is 20.5. The van der Waals surface area contributed by atoms with Gasteiger partial charge in [0.25, 0.3) is 11.5 Å². The fraction of sp³-hybridized carbons (Fsp3) is 0.400. The summed E-state index contributed by atoms with van der Waals surface area (Å²) in [6, 6.07) is 5.84. The first-order valence-corrected chi connectivity index (χ1v) is 9.59. The first-order valence-electron chi connectivity index (χ1n) is 9.59. The minimum absolute atomic E-state index is 0.127. The number of piperazine rings is 1. The Hall–Kier alpha value is -3.23. The van der Waals surface area contributed by atoms with Gasteiger partial charge in [-0.25, -0.2) is 9.18 Å². The van der Waals surface area contributed by atoms with Crippen molar-refractivity contribution in [1.82, 2.24) is 19.4 Å². The molecule has 2 heterocycles. The highest BCUT2D eigenvalue weighted by molar-refractivity contribution is 5.93. The largest absolute Gasteiger partial charge is 0.339 e. The number of rotatable bonds is 4. The minimum Gasteiger partial charge on any atom is -0.339 e. The fourth-order valence-corrected chi connectivity index (χ4v) is 3.49. The molecule has 2 amide bonds. The van der Waals surface area contributed by atoms with Crippen molar-refractivity contribution in [3.63, 3.8) is 0 Å². The topological polar surface area (TPSA) is 95.5 Å². The van der Waals surface area contributed by atoms with Crippen LogP contribution in [0.4, 0.5) is 4.39 Å². The molecule has 9 heteroatoms. The normalized spacial score (nSPS) is 16.7. The van der Waals surface area contributed by atoms with E-state index in [1.165, 1.54) is 23.1 Å². The zero-order valence-electron chi connectivity index (χ0n) is 15.8. The van der Waals surface area contributed by atoms with Gasteiger partial charge in [0, 0.05) is 43.9 Å². The van der Waals surface area contributed by atoms with Crippen molar-refractivity contribution in [2.45, 2.75) is 19.4 Å². The molecule has 0 unspecified atom stereocenters. The number of amides is 2.